The van der Waals surface area contributed by atoms with Gasteiger partial charge in [0.1, 0.15) is 60.4 Å². The van der Waals surface area contributed by atoms with E-state index in [9.17, 15) is 47.9 Å². The van der Waals surface area contributed by atoms with Gasteiger partial charge in [0.2, 0.25) is 65.0 Å². The van der Waals surface area contributed by atoms with Crippen LogP contribution in [-0.2, 0) is 97.7 Å². The fourth-order valence-electron chi connectivity index (χ4n) is 13.0. The number of hydrogen-bond donors (Lipinski definition) is 13. The number of primary amides is 1. The number of amides is 13. The lowest BCUT2D eigenvalue weighted by atomic mass is 9.93. The zero-order chi connectivity index (χ0) is 79.4. The van der Waals surface area contributed by atoms with E-state index in [-0.39, 0.29) is 69.9 Å². The smallest absolute Gasteiger partial charge is 0.316 e. The molecule has 0 unspecified atom stereocenters. The number of halogens is 1. The van der Waals surface area contributed by atoms with E-state index < -0.39 is 131 Å². The minimum atomic E-state index is -1.50. The summed E-state index contributed by atoms with van der Waals surface area (Å²) in [7, 11) is 3.43. The Balaban J connectivity index is 1.16. The lowest BCUT2D eigenvalue weighted by molar-refractivity contribution is -0.142. The number of likely N-dealkylation sites (N-methyl/N-ethyl adjacent to an activating group) is 1. The molecular weight excluding hydrogens is 1410 g/mol. The van der Waals surface area contributed by atoms with Gasteiger partial charge in [0, 0.05) is 87.5 Å². The van der Waals surface area contributed by atoms with E-state index in [0.29, 0.717) is 77.3 Å². The number of pyridine rings is 1. The van der Waals surface area contributed by atoms with E-state index in [4.69, 9.17) is 23.1 Å². The molecule has 2 heterocycles. The Morgan fingerprint density at radius 2 is 1.04 bits per heavy atom. The average Bonchev–Trinajstić information content (AvgIpc) is 1.78. The molecule has 1 aliphatic carbocycles. The summed E-state index contributed by atoms with van der Waals surface area (Å²) in [6, 6.07) is 15.5. The molecule has 1 aliphatic heterocycles. The fraction of sp³-hybridized carbons (Fsp3) is 0.463. The summed E-state index contributed by atoms with van der Waals surface area (Å²) in [5.74, 6) is -7.72. The number of carbonyl (C=O) groups excluding carboxylic acids is 12. The third kappa shape index (κ3) is 27.2. The Labute approximate surface area is 642 Å². The Hall–Kier alpha value is -10.7. The molecular formula is C80H107ClN16O12. The topological polar surface area (TPSA) is 409 Å². The highest BCUT2D eigenvalue weighted by Gasteiger charge is 2.41. The zero-order valence-electron chi connectivity index (χ0n) is 63.6. The van der Waals surface area contributed by atoms with Crippen LogP contribution in [-0.4, -0.2) is 179 Å². The maximum atomic E-state index is 15.3. The lowest BCUT2D eigenvalue weighted by Gasteiger charge is -2.31. The highest BCUT2D eigenvalue weighted by molar-refractivity contribution is 6.30. The van der Waals surface area contributed by atoms with Gasteiger partial charge in [-0.1, -0.05) is 105 Å². The van der Waals surface area contributed by atoms with Crippen molar-refractivity contribution in [2.75, 3.05) is 38.2 Å². The predicted molar refractivity (Wildman–Crippen MR) is 417 cm³/mol. The minimum Gasteiger partial charge on any atom is -0.399 e. The van der Waals surface area contributed by atoms with Crippen LogP contribution in [0.4, 0.5) is 16.2 Å². The largest absolute Gasteiger partial charge is 0.399 e. The van der Waals surface area contributed by atoms with Gasteiger partial charge >= 0.3 is 6.03 Å². The van der Waals surface area contributed by atoms with Crippen molar-refractivity contribution < 1.29 is 57.5 Å². The molecule has 7 rings (SSSR count). The van der Waals surface area contributed by atoms with Crippen LogP contribution >= 0.6 is 11.6 Å². The number of nitrogens with one attached hydrogen (secondary N) is 11. The number of nitrogen functional groups attached to an aromatic ring is 1. The van der Waals surface area contributed by atoms with Crippen molar-refractivity contribution in [3.63, 3.8) is 0 Å². The molecule has 15 N–H and O–H groups in total. The van der Waals surface area contributed by atoms with Gasteiger partial charge in [-0.3, -0.25) is 57.7 Å². The van der Waals surface area contributed by atoms with Gasteiger partial charge in [0.25, 0.3) is 0 Å². The normalized spacial score (nSPS) is 15.6. The van der Waals surface area contributed by atoms with Crippen LogP contribution in [0.15, 0.2) is 128 Å². The molecule has 109 heavy (non-hydrogen) atoms. The number of aromatic nitrogens is 1. The zero-order valence-corrected chi connectivity index (χ0v) is 64.4. The molecule has 1 fully saturated rings. The number of carbonyl (C=O) groups is 12. The Morgan fingerprint density at radius 1 is 0.560 bits per heavy atom. The van der Waals surface area contributed by atoms with Crippen molar-refractivity contribution >= 4 is 94.0 Å². The van der Waals surface area contributed by atoms with Crippen LogP contribution in [0.2, 0.25) is 5.02 Å². The van der Waals surface area contributed by atoms with Gasteiger partial charge in [0.15, 0.2) is 0 Å². The van der Waals surface area contributed by atoms with Gasteiger partial charge < -0.3 is 79.8 Å². The first-order valence-electron chi connectivity index (χ1n) is 37.3. The van der Waals surface area contributed by atoms with Gasteiger partial charge in [-0.15, -0.1) is 0 Å². The monoisotopic (exact) mass is 1520 g/mol. The molecule has 0 spiro atoms. The van der Waals surface area contributed by atoms with Crippen LogP contribution in [0.3, 0.4) is 0 Å². The Kier molecular flexibility index (Phi) is 33.0. The summed E-state index contributed by atoms with van der Waals surface area (Å²) in [5.41, 5.74) is 17.4. The molecule has 28 nitrogen and oxygen atoms in total. The van der Waals surface area contributed by atoms with Crippen molar-refractivity contribution in [2.45, 2.75) is 205 Å². The number of allylic oxidation sites excluding steroid dienone is 2. The molecule has 13 amide bonds. The van der Waals surface area contributed by atoms with Crippen LogP contribution in [0, 0.1) is 5.92 Å². The van der Waals surface area contributed by atoms with E-state index in [1.54, 1.807) is 79.7 Å². The third-order valence-corrected chi connectivity index (χ3v) is 19.6. The summed E-state index contributed by atoms with van der Waals surface area (Å²) < 4.78 is 0. The molecule has 29 heteroatoms. The maximum Gasteiger partial charge on any atom is 0.316 e. The number of unbranched alkanes of at least 4 members (excludes halogenated alkanes) is 1. The highest BCUT2D eigenvalue weighted by Crippen LogP contribution is 2.24. The maximum absolute atomic E-state index is 15.3. The second-order valence-corrected chi connectivity index (χ2v) is 29.2. The number of fused-ring (bicyclic) bond motifs is 1. The van der Waals surface area contributed by atoms with E-state index in [1.807, 2.05) is 39.1 Å². The summed E-state index contributed by atoms with van der Waals surface area (Å²) in [6.07, 6.45) is 10.2. The Bertz CT molecular complexity index is 3990. The van der Waals surface area contributed by atoms with Crippen LogP contribution < -0.4 is 70.0 Å². The number of nitrogens with zero attached hydrogens (tertiary/aromatic N) is 3. The molecule has 0 bridgehead atoms. The van der Waals surface area contributed by atoms with Gasteiger partial charge in [-0.2, -0.15) is 0 Å². The van der Waals surface area contributed by atoms with E-state index in [1.165, 1.54) is 50.3 Å². The molecule has 4 aromatic carbocycles. The number of anilines is 2. The standard InChI is InChI=1S/C80H107ClN16O12/c1-10-61(89-74(103)68(45-55-17-15-36-85-46-55)95-77(106)66(41-51-23-30-58(81)31-24-51)93-73(102)64(87-50(7)98)44-54-22-29-56-18-11-12-19-57(56)40-54)71(100)92-65(42-52-25-32-59(82)33-26-52)76(105)94-67(43-53-27-34-60(35-28-53)88-80(83)109)75(104)91-63(39-47(2)3)72(101)90-62(20-13-14-37-96(9)48(4)5)79(108)97-38-16-21-69(97)78(107)86-49(6)70(99)84-8/h11-12,15,17,22-36,40,46-49,61-69H,10,13-14,16,18-21,37-39,41-45,82H2,1-9H3,(H,84,99)(H,86,107)(H,87,98)(H,89,103)(H,90,101)(H,91,104)(H,92,100)(H,93,102)(H,94,105)(H,95,106)(H3,83,88,109)/t49-,61+,62+,63+,64-,65+,66-,67-,68-,69+/m1/s1. The average molecular weight is 1520 g/mol. The molecule has 10 atom stereocenters. The summed E-state index contributed by atoms with van der Waals surface area (Å²) >= 11 is 6.28. The molecule has 5 aromatic rings. The third-order valence-electron chi connectivity index (χ3n) is 19.3. The summed E-state index contributed by atoms with van der Waals surface area (Å²) in [4.78, 5) is 178. The SMILES string of the molecule is CC[C@H](NC(=O)[C@@H](Cc1cccnc1)NC(=O)[C@@H](Cc1ccc(Cl)cc1)NC(=O)[C@@H](Cc1ccc2c(c1)CC=CC2)NC(C)=O)C(=O)N[C@@H](Cc1ccc(N)cc1)C(=O)N[C@H](Cc1ccc(NC(N)=O)cc1)C(=O)N[C@@H](CC(C)C)C(=O)N[C@@H](CCCCN(C)C(C)C)C(=O)N1CCC[C@H]1C(=O)N[C@H](C)C(=O)NC. The minimum absolute atomic E-state index is 0.0543. The first-order valence-corrected chi connectivity index (χ1v) is 37.7. The number of likely N-dealkylation sites (tertiary alicyclic amines) is 1. The molecule has 0 radical (unpaired) electrons. The molecule has 586 valence electrons. The fourth-order valence-corrected chi connectivity index (χ4v) is 13.2. The first-order chi connectivity index (χ1) is 52.0. The summed E-state index contributed by atoms with van der Waals surface area (Å²) in [5, 5.41) is 30.8. The van der Waals surface area contributed by atoms with Crippen molar-refractivity contribution in [3.8, 4) is 0 Å². The van der Waals surface area contributed by atoms with Gasteiger partial charge in [-0.25, -0.2) is 4.79 Å². The first kappa shape index (κ1) is 85.5. The number of hydrogen-bond acceptors (Lipinski definition) is 15. The number of rotatable bonds is 39. The highest BCUT2D eigenvalue weighted by atomic mass is 35.5. The van der Waals surface area contributed by atoms with E-state index >= 15 is 9.59 Å². The van der Waals surface area contributed by atoms with E-state index in [0.717, 1.165) is 23.1 Å². The summed E-state index contributed by atoms with van der Waals surface area (Å²) in [6.45, 7) is 13.1. The molecule has 1 aromatic heterocycles. The predicted octanol–water partition coefficient (Wildman–Crippen LogP) is 4.08. The second kappa shape index (κ2) is 42.1. The lowest BCUT2D eigenvalue weighted by Crippen LogP contribution is -2.61. The molecule has 0 saturated carbocycles. The van der Waals surface area contributed by atoms with Crippen LogP contribution in [0.5, 0.6) is 0 Å². The molecule has 2 aliphatic rings. The van der Waals surface area contributed by atoms with Gasteiger partial charge in [-0.05, 0) is 179 Å². The van der Waals surface area contributed by atoms with Crippen molar-refractivity contribution in [3.05, 3.63) is 172 Å². The van der Waals surface area contributed by atoms with E-state index in [2.05, 4.69) is 94.4 Å². The van der Waals surface area contributed by atoms with Crippen molar-refractivity contribution in [1.82, 2.24) is 68.0 Å². The van der Waals surface area contributed by atoms with Gasteiger partial charge in [0.05, 0.1) is 0 Å². The number of benzene rings is 4. The molecule has 1 saturated heterocycles. The van der Waals surface area contributed by atoms with Crippen LogP contribution in [0.1, 0.15) is 132 Å². The van der Waals surface area contributed by atoms with Crippen molar-refractivity contribution in [2.24, 2.45) is 11.7 Å². The van der Waals surface area contributed by atoms with Crippen molar-refractivity contribution in [1.29, 1.82) is 0 Å². The quantitative estimate of drug-likeness (QED) is 0.0150. The second-order valence-electron chi connectivity index (χ2n) is 28.7. The van der Waals surface area contributed by atoms with Crippen LogP contribution in [0.25, 0.3) is 0 Å². The number of nitrogens with two attached hydrogens (primary N) is 2. The number of urea groups is 1. The Morgan fingerprint density at radius 3 is 1.55 bits per heavy atom.